The fraction of sp³-hybridized carbons (Fsp3) is 0.500. The molecule has 0 saturated carbocycles. The lowest BCUT2D eigenvalue weighted by Crippen LogP contribution is -2.49. The highest BCUT2D eigenvalue weighted by molar-refractivity contribution is 7.13. The van der Waals surface area contributed by atoms with Crippen molar-refractivity contribution in [2.45, 2.75) is 13.8 Å². The Morgan fingerprint density at radius 1 is 1.24 bits per heavy atom. The molecule has 1 fully saturated rings. The second-order valence-electron chi connectivity index (χ2n) is 5.26. The number of hydrogen-bond acceptors (Lipinski definition) is 5. The van der Waals surface area contributed by atoms with E-state index in [1.54, 1.807) is 16.0 Å². The summed E-state index contributed by atoms with van der Waals surface area (Å²) in [5.74, 6) is 0.0943. The highest BCUT2D eigenvalue weighted by Crippen LogP contribution is 2.21. The van der Waals surface area contributed by atoms with Gasteiger partial charge in [-0.1, -0.05) is 0 Å². The van der Waals surface area contributed by atoms with Gasteiger partial charge < -0.3 is 9.80 Å². The van der Waals surface area contributed by atoms with Crippen LogP contribution in [0, 0.1) is 13.8 Å². The third kappa shape index (κ3) is 2.53. The molecule has 1 saturated heterocycles. The number of aromatic nitrogens is 3. The molecule has 2 aromatic heterocycles. The lowest BCUT2D eigenvalue weighted by atomic mass is 10.1. The molecule has 1 amide bonds. The standard InChI is InChI=1S/C14H19N5OS/c1-10-12(11(2)17(3)16-10)13(20)18-5-7-19(8-6-18)14-15-4-9-21-14/h4,9H,5-8H2,1-3H3. The molecule has 0 aliphatic carbocycles. The van der Waals surface area contributed by atoms with Crippen LogP contribution in [0.15, 0.2) is 11.6 Å². The first-order valence-electron chi connectivity index (χ1n) is 7.02. The molecule has 21 heavy (non-hydrogen) atoms. The van der Waals surface area contributed by atoms with E-state index in [-0.39, 0.29) is 5.91 Å². The van der Waals surface area contributed by atoms with Gasteiger partial charge in [0.05, 0.1) is 11.3 Å². The zero-order chi connectivity index (χ0) is 15.0. The maximum absolute atomic E-state index is 12.7. The van der Waals surface area contributed by atoms with Gasteiger partial charge >= 0.3 is 0 Å². The van der Waals surface area contributed by atoms with E-state index in [0.717, 1.165) is 48.3 Å². The van der Waals surface area contributed by atoms with E-state index >= 15 is 0 Å². The van der Waals surface area contributed by atoms with Crippen LogP contribution in [0.5, 0.6) is 0 Å². The molecule has 1 aliphatic rings. The summed E-state index contributed by atoms with van der Waals surface area (Å²) in [6.07, 6.45) is 1.82. The molecule has 6 nitrogen and oxygen atoms in total. The van der Waals surface area contributed by atoms with E-state index in [9.17, 15) is 4.79 Å². The number of nitrogens with zero attached hydrogens (tertiary/aromatic N) is 5. The summed E-state index contributed by atoms with van der Waals surface area (Å²) in [6, 6.07) is 0. The van der Waals surface area contributed by atoms with Crippen LogP contribution in [0.25, 0.3) is 0 Å². The number of piperazine rings is 1. The molecule has 0 unspecified atom stereocenters. The Kier molecular flexibility index (Phi) is 3.67. The van der Waals surface area contributed by atoms with E-state index in [2.05, 4.69) is 15.0 Å². The van der Waals surface area contributed by atoms with E-state index in [0.29, 0.717) is 0 Å². The van der Waals surface area contributed by atoms with Crippen molar-refractivity contribution in [3.63, 3.8) is 0 Å². The lowest BCUT2D eigenvalue weighted by Gasteiger charge is -2.34. The highest BCUT2D eigenvalue weighted by atomic mass is 32.1. The summed E-state index contributed by atoms with van der Waals surface area (Å²) in [6.45, 7) is 6.96. The fourth-order valence-corrected chi connectivity index (χ4v) is 3.41. The first-order chi connectivity index (χ1) is 10.1. The zero-order valence-electron chi connectivity index (χ0n) is 12.5. The number of carbonyl (C=O) groups is 1. The summed E-state index contributed by atoms with van der Waals surface area (Å²) in [5.41, 5.74) is 2.49. The Balaban J connectivity index is 1.70. The molecule has 0 bridgehead atoms. The van der Waals surface area contributed by atoms with Gasteiger partial charge in [0, 0.05) is 50.5 Å². The highest BCUT2D eigenvalue weighted by Gasteiger charge is 2.26. The molecule has 1 aliphatic heterocycles. The second kappa shape index (κ2) is 5.48. The Hall–Kier alpha value is -1.89. The molecular formula is C14H19N5OS. The monoisotopic (exact) mass is 305 g/mol. The molecule has 0 radical (unpaired) electrons. The first kappa shape index (κ1) is 14.1. The van der Waals surface area contributed by atoms with Crippen molar-refractivity contribution in [2.75, 3.05) is 31.1 Å². The number of aryl methyl sites for hydroxylation is 2. The molecule has 0 aromatic carbocycles. The summed E-state index contributed by atoms with van der Waals surface area (Å²) in [4.78, 5) is 21.2. The van der Waals surface area contributed by atoms with Gasteiger partial charge in [0.1, 0.15) is 0 Å². The zero-order valence-corrected chi connectivity index (χ0v) is 13.4. The van der Waals surface area contributed by atoms with Crippen LogP contribution in [0.4, 0.5) is 5.13 Å². The van der Waals surface area contributed by atoms with Crippen molar-refractivity contribution in [2.24, 2.45) is 7.05 Å². The molecule has 3 heterocycles. The molecule has 7 heteroatoms. The van der Waals surface area contributed by atoms with Gasteiger partial charge in [-0.05, 0) is 13.8 Å². The maximum Gasteiger partial charge on any atom is 0.257 e. The number of anilines is 1. The quantitative estimate of drug-likeness (QED) is 0.843. The normalized spacial score (nSPS) is 15.6. The lowest BCUT2D eigenvalue weighted by molar-refractivity contribution is 0.0745. The summed E-state index contributed by atoms with van der Waals surface area (Å²) in [5, 5.41) is 7.35. The van der Waals surface area contributed by atoms with Crippen molar-refractivity contribution >= 4 is 22.4 Å². The van der Waals surface area contributed by atoms with Crippen LogP contribution < -0.4 is 4.90 Å². The Morgan fingerprint density at radius 2 is 1.95 bits per heavy atom. The third-order valence-corrected chi connectivity index (χ3v) is 4.81. The van der Waals surface area contributed by atoms with Crippen LogP contribution in [-0.2, 0) is 7.05 Å². The molecule has 2 aromatic rings. The van der Waals surface area contributed by atoms with Crippen molar-refractivity contribution < 1.29 is 4.79 Å². The topological polar surface area (TPSA) is 54.3 Å². The number of thiazole rings is 1. The maximum atomic E-state index is 12.7. The molecule has 0 spiro atoms. The van der Waals surface area contributed by atoms with Crippen LogP contribution in [0.1, 0.15) is 21.7 Å². The van der Waals surface area contributed by atoms with Crippen LogP contribution >= 0.6 is 11.3 Å². The fourth-order valence-electron chi connectivity index (χ4n) is 2.71. The SMILES string of the molecule is Cc1nn(C)c(C)c1C(=O)N1CCN(c2nccs2)CC1. The van der Waals surface area contributed by atoms with Gasteiger partial charge in [-0.15, -0.1) is 11.3 Å². The number of amides is 1. The van der Waals surface area contributed by atoms with E-state index in [1.165, 1.54) is 0 Å². The van der Waals surface area contributed by atoms with Crippen molar-refractivity contribution in [1.82, 2.24) is 19.7 Å². The van der Waals surface area contributed by atoms with Gasteiger partial charge in [0.2, 0.25) is 0 Å². The minimum atomic E-state index is 0.0943. The predicted molar refractivity (Wildman–Crippen MR) is 82.9 cm³/mol. The summed E-state index contributed by atoms with van der Waals surface area (Å²) < 4.78 is 1.77. The Bertz CT molecular complexity index is 641. The molecule has 3 rings (SSSR count). The minimum absolute atomic E-state index is 0.0943. The van der Waals surface area contributed by atoms with Gasteiger partial charge in [0.15, 0.2) is 5.13 Å². The summed E-state index contributed by atoms with van der Waals surface area (Å²) in [7, 11) is 1.87. The van der Waals surface area contributed by atoms with Crippen molar-refractivity contribution in [3.8, 4) is 0 Å². The second-order valence-corrected chi connectivity index (χ2v) is 6.14. The van der Waals surface area contributed by atoms with Crippen molar-refractivity contribution in [1.29, 1.82) is 0 Å². The predicted octanol–water partition coefficient (Wildman–Crippen LogP) is 1.46. The number of carbonyl (C=O) groups excluding carboxylic acids is 1. The smallest absolute Gasteiger partial charge is 0.257 e. The molecular weight excluding hydrogens is 286 g/mol. The minimum Gasteiger partial charge on any atom is -0.345 e. The average molecular weight is 305 g/mol. The molecule has 0 atom stereocenters. The van der Waals surface area contributed by atoms with Crippen LogP contribution in [0.2, 0.25) is 0 Å². The van der Waals surface area contributed by atoms with Crippen LogP contribution in [0.3, 0.4) is 0 Å². The Labute approximate surface area is 128 Å². The van der Waals surface area contributed by atoms with E-state index < -0.39 is 0 Å². The first-order valence-corrected chi connectivity index (χ1v) is 7.90. The van der Waals surface area contributed by atoms with Gasteiger partial charge in [-0.25, -0.2) is 4.98 Å². The van der Waals surface area contributed by atoms with Crippen molar-refractivity contribution in [3.05, 3.63) is 28.5 Å². The number of hydrogen-bond donors (Lipinski definition) is 0. The Morgan fingerprint density at radius 3 is 2.48 bits per heavy atom. The van der Waals surface area contributed by atoms with Crippen LogP contribution in [-0.4, -0.2) is 51.8 Å². The molecule has 0 N–H and O–H groups in total. The number of rotatable bonds is 2. The average Bonchev–Trinajstić information content (AvgIpc) is 3.08. The third-order valence-electron chi connectivity index (χ3n) is 3.98. The van der Waals surface area contributed by atoms with Gasteiger partial charge in [-0.2, -0.15) is 5.10 Å². The van der Waals surface area contributed by atoms with E-state index in [4.69, 9.17) is 0 Å². The van der Waals surface area contributed by atoms with E-state index in [1.807, 2.05) is 37.4 Å². The largest absolute Gasteiger partial charge is 0.345 e. The summed E-state index contributed by atoms with van der Waals surface area (Å²) >= 11 is 1.64. The van der Waals surface area contributed by atoms with Gasteiger partial charge in [-0.3, -0.25) is 9.48 Å². The van der Waals surface area contributed by atoms with Gasteiger partial charge in [0.25, 0.3) is 5.91 Å². The molecule has 112 valence electrons.